The van der Waals surface area contributed by atoms with E-state index in [2.05, 4.69) is 5.32 Å². The Hall–Kier alpha value is -2.34. The molecule has 1 aliphatic heterocycles. The Morgan fingerprint density at radius 1 is 1.20 bits per heavy atom. The molecule has 1 aliphatic rings. The summed E-state index contributed by atoms with van der Waals surface area (Å²) < 4.78 is 51.1. The normalized spacial score (nSPS) is 16.1. The van der Waals surface area contributed by atoms with Gasteiger partial charge in [-0.3, -0.25) is 9.10 Å². The molecule has 0 aromatic heterocycles. The zero-order valence-electron chi connectivity index (χ0n) is 16.2. The second-order valence-corrected chi connectivity index (χ2v) is 11.4. The lowest BCUT2D eigenvalue weighted by molar-refractivity contribution is 0.102. The zero-order valence-corrected chi connectivity index (χ0v) is 18.6. The van der Waals surface area contributed by atoms with E-state index in [1.54, 1.807) is 0 Å². The third kappa shape index (κ3) is 4.24. The van der Waals surface area contributed by atoms with E-state index in [9.17, 15) is 26.7 Å². The van der Waals surface area contributed by atoms with Crippen molar-refractivity contribution >= 4 is 48.9 Å². The number of hydrogen-bond donors (Lipinski definition) is 2. The quantitative estimate of drug-likeness (QED) is 0.641. The maximum atomic E-state index is 12.7. The molecule has 2 aromatic carbocycles. The fourth-order valence-corrected chi connectivity index (χ4v) is 5.64. The van der Waals surface area contributed by atoms with Gasteiger partial charge in [0.15, 0.2) is 0 Å². The highest BCUT2D eigenvalue weighted by molar-refractivity contribution is 7.93. The summed E-state index contributed by atoms with van der Waals surface area (Å²) >= 11 is 6.08. The molecular formula is C18H20ClN3O6S2. The van der Waals surface area contributed by atoms with Crippen LogP contribution in [-0.4, -0.2) is 58.5 Å². The van der Waals surface area contributed by atoms with Crippen LogP contribution >= 0.6 is 11.6 Å². The molecule has 162 valence electrons. The number of phenols is 1. The minimum absolute atomic E-state index is 0.0166. The SMILES string of the molecule is CN(C)S(=O)(=O)c1ccc(Cl)c(C(=O)Nc2cc(N3CCCS3(=O)=O)ccc2O)c1. The number of benzene rings is 2. The van der Waals surface area contributed by atoms with Gasteiger partial charge in [-0.2, -0.15) is 0 Å². The third-order valence-corrected chi connectivity index (χ3v) is 8.59. The van der Waals surface area contributed by atoms with Crippen LogP contribution in [-0.2, 0) is 20.0 Å². The molecule has 12 heteroatoms. The fourth-order valence-electron chi connectivity index (χ4n) is 2.95. The van der Waals surface area contributed by atoms with Gasteiger partial charge in [0, 0.05) is 20.6 Å². The smallest absolute Gasteiger partial charge is 0.257 e. The van der Waals surface area contributed by atoms with E-state index in [0.29, 0.717) is 18.7 Å². The number of nitrogens with one attached hydrogen (secondary N) is 1. The van der Waals surface area contributed by atoms with Crippen molar-refractivity contribution in [1.29, 1.82) is 0 Å². The summed E-state index contributed by atoms with van der Waals surface area (Å²) in [7, 11) is -4.51. The van der Waals surface area contributed by atoms with Crippen molar-refractivity contribution in [2.24, 2.45) is 0 Å². The Morgan fingerprint density at radius 2 is 1.90 bits per heavy atom. The van der Waals surface area contributed by atoms with Gasteiger partial charge in [0.1, 0.15) is 5.75 Å². The number of phenolic OH excluding ortho intramolecular Hbond substituents is 1. The Labute approximate surface area is 180 Å². The second-order valence-electron chi connectivity index (χ2n) is 6.83. The van der Waals surface area contributed by atoms with E-state index >= 15 is 0 Å². The van der Waals surface area contributed by atoms with Crippen molar-refractivity contribution in [3.05, 3.63) is 47.0 Å². The van der Waals surface area contributed by atoms with Gasteiger partial charge in [-0.05, 0) is 42.8 Å². The minimum atomic E-state index is -3.79. The van der Waals surface area contributed by atoms with Crippen LogP contribution in [0.15, 0.2) is 41.3 Å². The summed E-state index contributed by atoms with van der Waals surface area (Å²) in [5.41, 5.74) is 0.158. The largest absolute Gasteiger partial charge is 0.506 e. The highest BCUT2D eigenvalue weighted by Crippen LogP contribution is 2.33. The molecule has 1 saturated heterocycles. The standard InChI is InChI=1S/C18H20ClN3O6S2/c1-21(2)30(27,28)13-5-6-15(19)14(11-13)18(24)20-16-10-12(4-7-17(16)23)22-8-3-9-29(22,25)26/h4-7,10-11,23H,3,8-9H2,1-2H3,(H,20,24). The summed E-state index contributed by atoms with van der Waals surface area (Å²) in [6, 6.07) is 7.76. The first-order valence-corrected chi connectivity index (χ1v) is 12.2. The first-order chi connectivity index (χ1) is 13.9. The number of carbonyl (C=O) groups is 1. The molecule has 3 rings (SSSR count). The molecule has 0 unspecified atom stereocenters. The topological polar surface area (TPSA) is 124 Å². The van der Waals surface area contributed by atoms with Crippen LogP contribution in [0.25, 0.3) is 0 Å². The Bertz CT molecular complexity index is 1210. The summed E-state index contributed by atoms with van der Waals surface area (Å²) in [6.07, 6.45) is 0.480. The number of nitrogens with zero attached hydrogens (tertiary/aromatic N) is 2. The predicted molar refractivity (Wildman–Crippen MR) is 114 cm³/mol. The third-order valence-electron chi connectivity index (χ3n) is 4.58. The van der Waals surface area contributed by atoms with E-state index in [0.717, 1.165) is 10.4 Å². The molecule has 30 heavy (non-hydrogen) atoms. The van der Waals surface area contributed by atoms with Gasteiger partial charge in [0.2, 0.25) is 20.0 Å². The summed E-state index contributed by atoms with van der Waals surface area (Å²) in [5.74, 6) is -1.01. The van der Waals surface area contributed by atoms with E-state index < -0.39 is 26.0 Å². The van der Waals surface area contributed by atoms with Crippen molar-refractivity contribution in [2.75, 3.05) is 36.0 Å². The van der Waals surface area contributed by atoms with Gasteiger partial charge < -0.3 is 10.4 Å². The number of sulfonamides is 2. The van der Waals surface area contributed by atoms with E-state index in [-0.39, 0.29) is 32.7 Å². The lowest BCUT2D eigenvalue weighted by Crippen LogP contribution is -2.25. The van der Waals surface area contributed by atoms with Crippen molar-refractivity contribution < 1.29 is 26.7 Å². The number of amides is 1. The average molecular weight is 474 g/mol. The summed E-state index contributed by atoms with van der Waals surface area (Å²) in [5, 5.41) is 12.6. The first kappa shape index (κ1) is 22.3. The van der Waals surface area contributed by atoms with Gasteiger partial charge in [0.25, 0.3) is 5.91 Å². The lowest BCUT2D eigenvalue weighted by Gasteiger charge is -2.18. The van der Waals surface area contributed by atoms with Gasteiger partial charge in [-0.25, -0.2) is 21.1 Å². The van der Waals surface area contributed by atoms with Crippen LogP contribution in [0, 0.1) is 0 Å². The Morgan fingerprint density at radius 3 is 2.50 bits per heavy atom. The van der Waals surface area contributed by atoms with Crippen molar-refractivity contribution in [1.82, 2.24) is 4.31 Å². The van der Waals surface area contributed by atoms with Crippen LogP contribution in [0.5, 0.6) is 5.75 Å². The van der Waals surface area contributed by atoms with E-state index in [1.165, 1.54) is 48.7 Å². The maximum absolute atomic E-state index is 12.7. The average Bonchev–Trinajstić information content (AvgIpc) is 3.02. The molecule has 0 saturated carbocycles. The molecule has 1 fully saturated rings. The van der Waals surface area contributed by atoms with Crippen LogP contribution < -0.4 is 9.62 Å². The van der Waals surface area contributed by atoms with Gasteiger partial charge >= 0.3 is 0 Å². The number of carbonyl (C=O) groups excluding carboxylic acids is 1. The molecule has 1 heterocycles. The van der Waals surface area contributed by atoms with E-state index in [4.69, 9.17) is 11.6 Å². The minimum Gasteiger partial charge on any atom is -0.506 e. The highest BCUT2D eigenvalue weighted by atomic mass is 35.5. The van der Waals surface area contributed by atoms with Crippen molar-refractivity contribution in [3.8, 4) is 5.75 Å². The molecule has 1 amide bonds. The monoisotopic (exact) mass is 473 g/mol. The van der Waals surface area contributed by atoms with Gasteiger partial charge in [-0.15, -0.1) is 0 Å². The summed E-state index contributed by atoms with van der Waals surface area (Å²) in [4.78, 5) is 12.6. The maximum Gasteiger partial charge on any atom is 0.257 e. The van der Waals surface area contributed by atoms with Gasteiger partial charge in [-0.1, -0.05) is 11.6 Å². The van der Waals surface area contributed by atoms with Gasteiger partial charge in [0.05, 0.1) is 32.6 Å². The van der Waals surface area contributed by atoms with Crippen molar-refractivity contribution in [3.63, 3.8) is 0 Å². The molecule has 0 bridgehead atoms. The molecule has 2 N–H and O–H groups in total. The van der Waals surface area contributed by atoms with Crippen LogP contribution in [0.4, 0.5) is 11.4 Å². The molecule has 2 aromatic rings. The van der Waals surface area contributed by atoms with Crippen molar-refractivity contribution in [2.45, 2.75) is 11.3 Å². The molecule has 9 nitrogen and oxygen atoms in total. The lowest BCUT2D eigenvalue weighted by atomic mass is 10.2. The number of rotatable bonds is 5. The van der Waals surface area contributed by atoms with Crippen LogP contribution in [0.3, 0.4) is 0 Å². The molecule has 0 atom stereocenters. The number of halogens is 1. The van der Waals surface area contributed by atoms with E-state index in [1.807, 2.05) is 0 Å². The predicted octanol–water partition coefficient (Wildman–Crippen LogP) is 2.09. The zero-order chi connectivity index (χ0) is 22.3. The molecular weight excluding hydrogens is 454 g/mol. The molecule has 0 spiro atoms. The number of hydrogen-bond acceptors (Lipinski definition) is 6. The molecule has 0 radical (unpaired) electrons. The second kappa shape index (κ2) is 8.06. The Balaban J connectivity index is 1.94. The van der Waals surface area contributed by atoms with Crippen LogP contribution in [0.2, 0.25) is 5.02 Å². The molecule has 0 aliphatic carbocycles. The summed E-state index contributed by atoms with van der Waals surface area (Å²) in [6.45, 7) is 0.302. The van der Waals surface area contributed by atoms with Crippen LogP contribution in [0.1, 0.15) is 16.8 Å². The highest BCUT2D eigenvalue weighted by Gasteiger charge is 2.29. The Kier molecular flexibility index (Phi) is 6.01. The number of anilines is 2. The first-order valence-electron chi connectivity index (χ1n) is 8.80. The number of aromatic hydroxyl groups is 1. The fraction of sp³-hybridized carbons (Fsp3) is 0.278.